The number of hydrogen-bond donors (Lipinski definition) is 1. The third-order valence-electron chi connectivity index (χ3n) is 6.59. The second-order valence-corrected chi connectivity index (χ2v) is 8.63. The minimum Gasteiger partial charge on any atom is -0.461 e. The molecule has 160 valence electrons. The van der Waals surface area contributed by atoms with E-state index in [1.54, 1.807) is 10.8 Å². The minimum absolute atomic E-state index is 0.350. The van der Waals surface area contributed by atoms with Crippen LogP contribution < -0.4 is 10.6 Å². The van der Waals surface area contributed by atoms with Crippen molar-refractivity contribution in [1.29, 1.82) is 0 Å². The lowest BCUT2D eigenvalue weighted by Crippen LogP contribution is -2.47. The molecule has 1 saturated carbocycles. The Morgan fingerprint density at radius 3 is 2.67 bits per heavy atom. The summed E-state index contributed by atoms with van der Waals surface area (Å²) < 4.78 is 6.97. The van der Waals surface area contributed by atoms with Crippen LogP contribution >= 0.6 is 0 Å². The van der Waals surface area contributed by atoms with E-state index in [-0.39, 0.29) is 0 Å². The van der Waals surface area contributed by atoms with E-state index in [2.05, 4.69) is 24.9 Å². The van der Waals surface area contributed by atoms with Gasteiger partial charge in [-0.3, -0.25) is 4.90 Å². The second-order valence-electron chi connectivity index (χ2n) is 8.63. The Hall–Kier alpha value is -2.61. The average molecular weight is 410 g/mol. The molecule has 1 saturated heterocycles. The topological polar surface area (TPSA) is 88.7 Å². The zero-order valence-electron chi connectivity index (χ0n) is 17.5. The molecule has 5 rings (SSSR count). The molecule has 1 aliphatic carbocycles. The van der Waals surface area contributed by atoms with Crippen molar-refractivity contribution in [2.24, 2.45) is 5.92 Å². The molecule has 0 bridgehead atoms. The van der Waals surface area contributed by atoms with E-state index < -0.39 is 0 Å². The lowest BCUT2D eigenvalue weighted by atomic mass is 9.86. The zero-order valence-corrected chi connectivity index (χ0v) is 17.5. The smallest absolute Gasteiger partial charge is 0.225 e. The van der Waals surface area contributed by atoms with Crippen LogP contribution in [0.1, 0.15) is 44.9 Å². The van der Waals surface area contributed by atoms with Crippen LogP contribution in [0.3, 0.4) is 0 Å². The van der Waals surface area contributed by atoms with Crippen LogP contribution in [-0.4, -0.2) is 57.2 Å². The molecule has 8 nitrogen and oxygen atoms in total. The van der Waals surface area contributed by atoms with Crippen molar-refractivity contribution in [1.82, 2.24) is 24.5 Å². The molecule has 0 amide bonds. The van der Waals surface area contributed by atoms with Crippen molar-refractivity contribution < 1.29 is 4.42 Å². The Morgan fingerprint density at radius 1 is 1.07 bits per heavy atom. The molecule has 30 heavy (non-hydrogen) atoms. The first-order chi connectivity index (χ1) is 14.8. The minimum atomic E-state index is 0.350. The van der Waals surface area contributed by atoms with Crippen LogP contribution in [0, 0.1) is 5.92 Å². The Morgan fingerprint density at radius 2 is 1.90 bits per heavy atom. The van der Waals surface area contributed by atoms with Gasteiger partial charge in [-0.2, -0.15) is 9.50 Å². The van der Waals surface area contributed by atoms with E-state index in [0.29, 0.717) is 23.2 Å². The van der Waals surface area contributed by atoms with E-state index in [9.17, 15) is 0 Å². The normalized spacial score (nSPS) is 19.0. The number of nitrogens with two attached hydrogens (primary N) is 1. The standard InChI is InChI=1S/C22H31N7O/c23-22-25-19(16-20-24-21(26-29(20)22)18-9-5-15-30-18)28-13-11-27(12-14-28)10-4-8-17-6-2-1-3-7-17/h5,9,15-17H,1-4,6-8,10-14H2,(H2,23,25). The zero-order chi connectivity index (χ0) is 20.3. The fourth-order valence-electron chi connectivity index (χ4n) is 4.85. The van der Waals surface area contributed by atoms with E-state index in [1.807, 2.05) is 18.2 Å². The lowest BCUT2D eigenvalue weighted by Gasteiger charge is -2.35. The van der Waals surface area contributed by atoms with Gasteiger partial charge in [0.05, 0.1) is 6.26 Å². The Bertz CT molecular complexity index is 953. The summed E-state index contributed by atoms with van der Waals surface area (Å²) in [5.74, 6) is 3.35. The van der Waals surface area contributed by atoms with Gasteiger partial charge in [0.2, 0.25) is 11.8 Å². The average Bonchev–Trinajstić information content (AvgIpc) is 3.45. The number of rotatable bonds is 6. The van der Waals surface area contributed by atoms with Crippen LogP contribution in [0.4, 0.5) is 11.8 Å². The maximum Gasteiger partial charge on any atom is 0.225 e. The van der Waals surface area contributed by atoms with Crippen molar-refractivity contribution in [3.05, 3.63) is 24.5 Å². The van der Waals surface area contributed by atoms with Gasteiger partial charge >= 0.3 is 0 Å². The fraction of sp³-hybridized carbons (Fsp3) is 0.591. The van der Waals surface area contributed by atoms with Crippen molar-refractivity contribution in [2.75, 3.05) is 43.4 Å². The highest BCUT2D eigenvalue weighted by Gasteiger charge is 2.21. The third-order valence-corrected chi connectivity index (χ3v) is 6.59. The van der Waals surface area contributed by atoms with Gasteiger partial charge in [-0.15, -0.1) is 5.10 Å². The molecule has 4 heterocycles. The Labute approximate surface area is 177 Å². The van der Waals surface area contributed by atoms with Gasteiger partial charge in [-0.25, -0.2) is 4.98 Å². The van der Waals surface area contributed by atoms with Crippen LogP contribution in [-0.2, 0) is 0 Å². The SMILES string of the molecule is Nc1nc(N2CCN(CCCC3CCCCC3)CC2)cc2nc(-c3ccco3)nn12. The summed E-state index contributed by atoms with van der Waals surface area (Å²) in [4.78, 5) is 14.0. The van der Waals surface area contributed by atoms with Gasteiger partial charge in [-0.1, -0.05) is 32.1 Å². The number of piperazine rings is 1. The lowest BCUT2D eigenvalue weighted by molar-refractivity contribution is 0.237. The third kappa shape index (κ3) is 4.14. The first-order valence-corrected chi connectivity index (χ1v) is 11.3. The molecular weight excluding hydrogens is 378 g/mol. The molecule has 8 heteroatoms. The number of aromatic nitrogens is 4. The molecule has 0 aromatic carbocycles. The molecular formula is C22H31N7O. The van der Waals surface area contributed by atoms with E-state index in [4.69, 9.17) is 10.2 Å². The van der Waals surface area contributed by atoms with Crippen LogP contribution in [0.15, 0.2) is 28.9 Å². The summed E-state index contributed by atoms with van der Waals surface area (Å²) in [6.45, 7) is 5.29. The number of furan rings is 1. The summed E-state index contributed by atoms with van der Waals surface area (Å²) in [5, 5.41) is 4.42. The van der Waals surface area contributed by atoms with E-state index >= 15 is 0 Å². The molecule has 2 N–H and O–H groups in total. The molecule has 0 atom stereocenters. The number of fused-ring (bicyclic) bond motifs is 1. The monoisotopic (exact) mass is 409 g/mol. The largest absolute Gasteiger partial charge is 0.461 e. The second kappa shape index (κ2) is 8.63. The molecule has 0 unspecified atom stereocenters. The maximum atomic E-state index is 6.18. The molecule has 3 aromatic rings. The number of hydrogen-bond acceptors (Lipinski definition) is 7. The quantitative estimate of drug-likeness (QED) is 0.667. The molecule has 0 spiro atoms. The van der Waals surface area contributed by atoms with Crippen LogP contribution in [0.25, 0.3) is 17.2 Å². The maximum absolute atomic E-state index is 6.18. The first-order valence-electron chi connectivity index (χ1n) is 11.3. The van der Waals surface area contributed by atoms with Crippen LogP contribution in [0.5, 0.6) is 0 Å². The number of nitrogens with zero attached hydrogens (tertiary/aromatic N) is 6. The highest BCUT2D eigenvalue weighted by atomic mass is 16.3. The van der Waals surface area contributed by atoms with Gasteiger partial charge in [0.25, 0.3) is 0 Å². The Balaban J connectivity index is 1.18. The predicted octanol–water partition coefficient (Wildman–Crippen LogP) is 3.45. The van der Waals surface area contributed by atoms with Gasteiger partial charge in [0.15, 0.2) is 11.4 Å². The summed E-state index contributed by atoms with van der Waals surface area (Å²) >= 11 is 0. The van der Waals surface area contributed by atoms with Gasteiger partial charge < -0.3 is 15.1 Å². The summed E-state index contributed by atoms with van der Waals surface area (Å²) in [7, 11) is 0. The van der Waals surface area contributed by atoms with Crippen molar-refractivity contribution >= 4 is 17.4 Å². The fourth-order valence-corrected chi connectivity index (χ4v) is 4.85. The van der Waals surface area contributed by atoms with Gasteiger partial charge in [0, 0.05) is 32.2 Å². The molecule has 1 aliphatic heterocycles. The number of anilines is 2. The van der Waals surface area contributed by atoms with Crippen LogP contribution in [0.2, 0.25) is 0 Å². The van der Waals surface area contributed by atoms with E-state index in [0.717, 1.165) is 37.9 Å². The molecule has 3 aromatic heterocycles. The molecule has 2 aliphatic rings. The number of nitrogen functional groups attached to an aromatic ring is 1. The van der Waals surface area contributed by atoms with Gasteiger partial charge in [0.1, 0.15) is 5.82 Å². The summed E-state index contributed by atoms with van der Waals surface area (Å²) in [6, 6.07) is 5.63. The Kier molecular flexibility index (Phi) is 5.57. The predicted molar refractivity (Wildman–Crippen MR) is 117 cm³/mol. The molecule has 2 fully saturated rings. The van der Waals surface area contributed by atoms with Crippen molar-refractivity contribution in [3.8, 4) is 11.6 Å². The molecule has 0 radical (unpaired) electrons. The highest BCUT2D eigenvalue weighted by molar-refractivity contribution is 5.59. The van der Waals surface area contributed by atoms with Gasteiger partial charge in [-0.05, 0) is 37.4 Å². The highest BCUT2D eigenvalue weighted by Crippen LogP contribution is 2.27. The summed E-state index contributed by atoms with van der Waals surface area (Å²) in [6.07, 6.45) is 11.6. The summed E-state index contributed by atoms with van der Waals surface area (Å²) in [5.41, 5.74) is 6.87. The van der Waals surface area contributed by atoms with E-state index in [1.165, 1.54) is 51.5 Å². The van der Waals surface area contributed by atoms with Crippen molar-refractivity contribution in [2.45, 2.75) is 44.9 Å². The first kappa shape index (κ1) is 19.4. The van der Waals surface area contributed by atoms with Crippen molar-refractivity contribution in [3.63, 3.8) is 0 Å².